The molecule has 0 radical (unpaired) electrons. The van der Waals surface area contributed by atoms with Crippen molar-refractivity contribution in [1.29, 1.82) is 0 Å². The summed E-state index contributed by atoms with van der Waals surface area (Å²) in [6, 6.07) is 0. The van der Waals surface area contributed by atoms with E-state index >= 15 is 0 Å². The first kappa shape index (κ1) is 16.8. The van der Waals surface area contributed by atoms with E-state index < -0.39 is 0 Å². The van der Waals surface area contributed by atoms with Crippen LogP contribution in [-0.4, -0.2) is 17.0 Å². The van der Waals surface area contributed by atoms with Crippen LogP contribution in [0.5, 0.6) is 0 Å². The molecule has 0 saturated heterocycles. The van der Waals surface area contributed by atoms with Gasteiger partial charge in [-0.05, 0) is 65.8 Å². The monoisotopic (exact) mass is 296 g/mol. The number of hydrogen-bond acceptors (Lipinski definition) is 0. The lowest BCUT2D eigenvalue weighted by atomic mass is 9.42. The maximum atomic E-state index is 2.49. The maximum absolute atomic E-state index is 2.49. The molecule has 3 rings (SSSR count). The van der Waals surface area contributed by atoms with Gasteiger partial charge in [-0.25, -0.2) is 0 Å². The summed E-state index contributed by atoms with van der Waals surface area (Å²) in [6.45, 7) is 17.4. The Labute approximate surface area is 129 Å². The molecule has 3 aliphatic carbocycles. The van der Waals surface area contributed by atoms with Crippen LogP contribution in [0.15, 0.2) is 0 Å². The van der Waals surface area contributed by atoms with Gasteiger partial charge in [-0.15, -0.1) is 0 Å². The molecule has 2 bridgehead atoms. The zero-order chi connectivity index (χ0) is 15.1. The summed E-state index contributed by atoms with van der Waals surface area (Å²) in [5.74, 6) is 3.17. The molecule has 0 heterocycles. The van der Waals surface area contributed by atoms with Crippen molar-refractivity contribution in [2.45, 2.75) is 97.5 Å². The first-order valence-corrected chi connectivity index (χ1v) is 10.7. The molecule has 3 fully saturated rings. The second-order valence-corrected chi connectivity index (χ2v) is 11.6. The highest BCUT2D eigenvalue weighted by Gasteiger charge is 2.61. The molecule has 1 heteroatoms. The molecular weight excluding hydrogens is 259 g/mol. The van der Waals surface area contributed by atoms with E-state index in [1.165, 1.54) is 19.3 Å². The molecular formula is C19H37P. The van der Waals surface area contributed by atoms with Crippen molar-refractivity contribution in [3.63, 3.8) is 0 Å². The highest BCUT2D eigenvalue weighted by atomic mass is 31.1. The molecule has 20 heavy (non-hydrogen) atoms. The molecule has 3 aliphatic rings. The van der Waals surface area contributed by atoms with Crippen LogP contribution in [0.2, 0.25) is 0 Å². The Bertz CT molecular complexity index is 308. The maximum Gasteiger partial charge on any atom is -0.0171 e. The van der Waals surface area contributed by atoms with E-state index in [4.69, 9.17) is 0 Å². The molecule has 4 atom stereocenters. The average molecular weight is 296 g/mol. The third-order valence-corrected chi connectivity index (χ3v) is 10.7. The zero-order valence-electron chi connectivity index (χ0n) is 14.9. The van der Waals surface area contributed by atoms with E-state index in [1.54, 1.807) is 12.8 Å². The highest BCUT2D eigenvalue weighted by molar-refractivity contribution is 7.59. The molecule has 3 saturated carbocycles. The van der Waals surface area contributed by atoms with E-state index in [0.717, 1.165) is 40.1 Å². The van der Waals surface area contributed by atoms with E-state index in [9.17, 15) is 0 Å². The van der Waals surface area contributed by atoms with Crippen LogP contribution in [0.25, 0.3) is 0 Å². The molecule has 0 aromatic heterocycles. The second kappa shape index (κ2) is 6.28. The molecule has 0 aliphatic heterocycles. The van der Waals surface area contributed by atoms with Crippen LogP contribution in [-0.2, 0) is 0 Å². The fourth-order valence-corrected chi connectivity index (χ4v) is 10.3. The van der Waals surface area contributed by atoms with Crippen molar-refractivity contribution in [3.05, 3.63) is 0 Å². The van der Waals surface area contributed by atoms with Gasteiger partial charge in [0.2, 0.25) is 0 Å². The zero-order valence-corrected chi connectivity index (χ0v) is 15.8. The molecule has 0 N–H and O–H groups in total. The normalized spacial score (nSPS) is 35.7. The molecule has 0 aromatic carbocycles. The molecule has 118 valence electrons. The highest BCUT2D eigenvalue weighted by Crippen LogP contribution is 2.71. The van der Waals surface area contributed by atoms with Crippen LogP contribution in [0, 0.1) is 23.2 Å². The minimum absolute atomic E-state index is 0.210. The largest absolute Gasteiger partial charge is 0.0980 e. The van der Waals surface area contributed by atoms with Crippen molar-refractivity contribution >= 4 is 7.92 Å². The third-order valence-electron chi connectivity index (χ3n) is 6.99. The van der Waals surface area contributed by atoms with Crippen molar-refractivity contribution in [3.8, 4) is 0 Å². The van der Waals surface area contributed by atoms with Gasteiger partial charge in [0.05, 0.1) is 0 Å². The Morgan fingerprint density at radius 3 is 1.90 bits per heavy atom. The van der Waals surface area contributed by atoms with Gasteiger partial charge < -0.3 is 0 Å². The fourth-order valence-electron chi connectivity index (χ4n) is 6.20. The summed E-state index contributed by atoms with van der Waals surface area (Å²) in [5, 5.41) is 0. The lowest BCUT2D eigenvalue weighted by Crippen LogP contribution is -2.59. The van der Waals surface area contributed by atoms with E-state index in [0.29, 0.717) is 0 Å². The van der Waals surface area contributed by atoms with E-state index in [-0.39, 0.29) is 7.92 Å². The lowest BCUT2D eigenvalue weighted by molar-refractivity contribution is -0.134. The molecule has 0 spiro atoms. The minimum Gasteiger partial charge on any atom is -0.0980 e. The second-order valence-electron chi connectivity index (χ2n) is 7.99. The van der Waals surface area contributed by atoms with Crippen LogP contribution in [0.4, 0.5) is 0 Å². The summed E-state index contributed by atoms with van der Waals surface area (Å²) in [4.78, 5) is 0. The first-order chi connectivity index (χ1) is 9.42. The fraction of sp³-hybridized carbons (Fsp3) is 1.00. The van der Waals surface area contributed by atoms with Crippen LogP contribution in [0.3, 0.4) is 0 Å². The van der Waals surface area contributed by atoms with Crippen molar-refractivity contribution in [2.24, 2.45) is 23.2 Å². The standard InChI is InChI=1S/C19H37P/c1-8-16-17-11-15(19(17,9-2)10-3)12-18(16)20(13(4)5)14(6)7/h13-18H,8-12H2,1-7H3. The van der Waals surface area contributed by atoms with Gasteiger partial charge in [0.15, 0.2) is 0 Å². The summed E-state index contributed by atoms with van der Waals surface area (Å²) in [7, 11) is 0.210. The van der Waals surface area contributed by atoms with Crippen molar-refractivity contribution < 1.29 is 0 Å². The first-order valence-electron chi connectivity index (χ1n) is 9.20. The van der Waals surface area contributed by atoms with Gasteiger partial charge >= 0.3 is 0 Å². The number of fused-ring (bicyclic) bond motifs is 2. The van der Waals surface area contributed by atoms with Gasteiger partial charge in [0, 0.05) is 0 Å². The average Bonchev–Trinajstić information content (AvgIpc) is 2.39. The van der Waals surface area contributed by atoms with E-state index in [1.807, 2.05) is 0 Å². The number of hydrogen-bond donors (Lipinski definition) is 0. The van der Waals surface area contributed by atoms with Crippen molar-refractivity contribution in [2.75, 3.05) is 0 Å². The van der Waals surface area contributed by atoms with Gasteiger partial charge in [0.25, 0.3) is 0 Å². The Morgan fingerprint density at radius 2 is 1.50 bits per heavy atom. The summed E-state index contributed by atoms with van der Waals surface area (Å²) in [6.07, 6.45) is 7.43. The Hall–Kier alpha value is 0.430. The smallest absolute Gasteiger partial charge is 0.0171 e. The predicted octanol–water partition coefficient (Wildman–Crippen LogP) is 6.53. The summed E-state index contributed by atoms with van der Waals surface area (Å²) >= 11 is 0. The summed E-state index contributed by atoms with van der Waals surface area (Å²) in [5.41, 5.74) is 3.65. The molecule has 0 aromatic rings. The van der Waals surface area contributed by atoms with E-state index in [2.05, 4.69) is 48.5 Å². The van der Waals surface area contributed by atoms with Crippen LogP contribution >= 0.6 is 7.92 Å². The quantitative estimate of drug-likeness (QED) is 0.489. The van der Waals surface area contributed by atoms with Gasteiger partial charge in [-0.1, -0.05) is 62.8 Å². The van der Waals surface area contributed by atoms with Crippen LogP contribution < -0.4 is 0 Å². The van der Waals surface area contributed by atoms with Gasteiger partial charge in [0.1, 0.15) is 0 Å². The SMILES string of the molecule is CCC1C(P(C(C)C)C(C)C)CC2CC1C2(CC)CC. The molecule has 0 nitrogen and oxygen atoms in total. The topological polar surface area (TPSA) is 0 Å². The lowest BCUT2D eigenvalue weighted by Gasteiger charge is -2.67. The Morgan fingerprint density at radius 1 is 0.950 bits per heavy atom. The Balaban J connectivity index is 2.23. The minimum atomic E-state index is 0.210. The van der Waals surface area contributed by atoms with Gasteiger partial charge in [-0.2, -0.15) is 0 Å². The summed E-state index contributed by atoms with van der Waals surface area (Å²) < 4.78 is 0. The third kappa shape index (κ3) is 2.39. The van der Waals surface area contributed by atoms with Crippen molar-refractivity contribution in [1.82, 2.24) is 0 Å². The Kier molecular flexibility index (Phi) is 5.27. The van der Waals surface area contributed by atoms with Gasteiger partial charge in [-0.3, -0.25) is 0 Å². The van der Waals surface area contributed by atoms with Crippen LogP contribution in [0.1, 0.15) is 80.6 Å². The molecule has 0 amide bonds. The molecule has 4 unspecified atom stereocenters. The number of rotatable bonds is 6. The predicted molar refractivity (Wildman–Crippen MR) is 94.0 cm³/mol.